The molecule has 136 valence electrons. The highest BCUT2D eigenvalue weighted by molar-refractivity contribution is 7.89. The Balaban J connectivity index is 1.69. The fraction of sp³-hybridized carbons (Fsp3) is 0.222. The Labute approximate surface area is 151 Å². The van der Waals surface area contributed by atoms with Gasteiger partial charge in [0, 0.05) is 12.2 Å². The maximum absolute atomic E-state index is 12.6. The highest BCUT2D eigenvalue weighted by Crippen LogP contribution is 2.28. The number of carbonyl (C=O) groups is 2. The molecule has 0 unspecified atom stereocenters. The average molecular weight is 374 g/mol. The molecule has 1 atom stereocenters. The predicted octanol–water partition coefficient (Wildman–Crippen LogP) is 1.47. The lowest BCUT2D eigenvalue weighted by Gasteiger charge is -2.21. The van der Waals surface area contributed by atoms with Gasteiger partial charge in [0.05, 0.1) is 10.5 Å². The van der Waals surface area contributed by atoms with Crippen LogP contribution in [0.2, 0.25) is 0 Å². The first-order valence-corrected chi connectivity index (χ1v) is 9.55. The zero-order chi connectivity index (χ0) is 18.9. The van der Waals surface area contributed by atoms with E-state index in [2.05, 4.69) is 0 Å². The van der Waals surface area contributed by atoms with Crippen molar-refractivity contribution in [2.24, 2.45) is 5.14 Å². The molecule has 0 bridgehead atoms. The number of anilines is 1. The van der Waals surface area contributed by atoms with Crippen LogP contribution in [0.5, 0.6) is 0 Å². The monoisotopic (exact) mass is 374 g/mol. The summed E-state index contributed by atoms with van der Waals surface area (Å²) in [5.74, 6) is -1.01. The van der Waals surface area contributed by atoms with E-state index in [1.165, 1.54) is 31.2 Å². The van der Waals surface area contributed by atoms with Crippen molar-refractivity contribution in [3.63, 3.8) is 0 Å². The van der Waals surface area contributed by atoms with Gasteiger partial charge < -0.3 is 9.64 Å². The largest absolute Gasteiger partial charge is 0.449 e. The molecule has 2 aromatic rings. The molecule has 1 heterocycles. The molecule has 0 fully saturated rings. The molecule has 1 amide bonds. The SMILES string of the molecule is C[C@@H](OC(=O)c1ccc(S(N)(=O)=O)cc1)C(=O)N1CCc2ccccc21. The van der Waals surface area contributed by atoms with Crippen molar-refractivity contribution in [3.8, 4) is 0 Å². The summed E-state index contributed by atoms with van der Waals surface area (Å²) in [5.41, 5.74) is 2.05. The fourth-order valence-corrected chi connectivity index (χ4v) is 3.36. The summed E-state index contributed by atoms with van der Waals surface area (Å²) in [6.07, 6.45) is -0.205. The van der Waals surface area contributed by atoms with Crippen LogP contribution in [0.1, 0.15) is 22.8 Å². The summed E-state index contributed by atoms with van der Waals surface area (Å²) in [6, 6.07) is 12.6. The lowest BCUT2D eigenvalue weighted by atomic mass is 10.2. The van der Waals surface area contributed by atoms with Crippen molar-refractivity contribution in [2.75, 3.05) is 11.4 Å². The van der Waals surface area contributed by atoms with E-state index in [4.69, 9.17) is 9.88 Å². The van der Waals surface area contributed by atoms with Gasteiger partial charge in [0.15, 0.2) is 6.10 Å². The molecule has 2 aromatic carbocycles. The van der Waals surface area contributed by atoms with Gasteiger partial charge in [-0.15, -0.1) is 0 Å². The molecule has 1 aliphatic heterocycles. The zero-order valence-electron chi connectivity index (χ0n) is 14.1. The second-order valence-electron chi connectivity index (χ2n) is 5.99. The Morgan fingerprint density at radius 1 is 1.12 bits per heavy atom. The number of nitrogens with two attached hydrogens (primary N) is 1. The Bertz CT molecular complexity index is 954. The molecule has 0 saturated carbocycles. The number of amides is 1. The van der Waals surface area contributed by atoms with E-state index in [1.54, 1.807) is 4.90 Å². The first-order chi connectivity index (χ1) is 12.3. The Kier molecular flexibility index (Phi) is 4.80. The van der Waals surface area contributed by atoms with E-state index < -0.39 is 22.1 Å². The number of rotatable bonds is 4. The molecule has 1 aliphatic rings. The second-order valence-corrected chi connectivity index (χ2v) is 7.55. The number of nitrogens with zero attached hydrogens (tertiary/aromatic N) is 1. The minimum Gasteiger partial charge on any atom is -0.449 e. The summed E-state index contributed by atoms with van der Waals surface area (Å²) in [6.45, 7) is 2.06. The number of para-hydroxylation sites is 1. The summed E-state index contributed by atoms with van der Waals surface area (Å²) in [7, 11) is -3.83. The number of sulfonamides is 1. The quantitative estimate of drug-likeness (QED) is 0.816. The van der Waals surface area contributed by atoms with Crippen LogP contribution in [0.15, 0.2) is 53.4 Å². The Hall–Kier alpha value is -2.71. The van der Waals surface area contributed by atoms with Crippen LogP contribution in [0.25, 0.3) is 0 Å². The molecule has 26 heavy (non-hydrogen) atoms. The average Bonchev–Trinajstić information content (AvgIpc) is 3.04. The van der Waals surface area contributed by atoms with Gasteiger partial charge in [-0.05, 0) is 49.2 Å². The van der Waals surface area contributed by atoms with E-state index in [1.807, 2.05) is 24.3 Å². The lowest BCUT2D eigenvalue weighted by Crippen LogP contribution is -2.39. The summed E-state index contributed by atoms with van der Waals surface area (Å²) < 4.78 is 27.7. The molecule has 0 aliphatic carbocycles. The molecule has 0 aromatic heterocycles. The third-order valence-corrected chi connectivity index (χ3v) is 5.13. The topological polar surface area (TPSA) is 107 Å². The summed E-state index contributed by atoms with van der Waals surface area (Å²) in [4.78, 5) is 26.3. The number of primary sulfonamides is 1. The van der Waals surface area contributed by atoms with Gasteiger partial charge in [0.1, 0.15) is 0 Å². The van der Waals surface area contributed by atoms with Gasteiger partial charge in [-0.1, -0.05) is 18.2 Å². The van der Waals surface area contributed by atoms with E-state index in [-0.39, 0.29) is 16.4 Å². The first-order valence-electron chi connectivity index (χ1n) is 8.00. The number of hydrogen-bond acceptors (Lipinski definition) is 5. The minimum atomic E-state index is -3.83. The minimum absolute atomic E-state index is 0.105. The van der Waals surface area contributed by atoms with E-state index >= 15 is 0 Å². The highest BCUT2D eigenvalue weighted by Gasteiger charge is 2.30. The van der Waals surface area contributed by atoms with E-state index in [0.717, 1.165) is 17.7 Å². The molecule has 2 N–H and O–H groups in total. The van der Waals surface area contributed by atoms with E-state index in [0.29, 0.717) is 6.54 Å². The molecule has 0 spiro atoms. The van der Waals surface area contributed by atoms with Crippen molar-refractivity contribution < 1.29 is 22.7 Å². The maximum Gasteiger partial charge on any atom is 0.338 e. The smallest absolute Gasteiger partial charge is 0.338 e. The van der Waals surface area contributed by atoms with Gasteiger partial charge in [-0.2, -0.15) is 0 Å². The number of carbonyl (C=O) groups excluding carboxylic acids is 2. The summed E-state index contributed by atoms with van der Waals surface area (Å²) >= 11 is 0. The van der Waals surface area contributed by atoms with Gasteiger partial charge in [-0.25, -0.2) is 18.4 Å². The molecule has 7 nitrogen and oxygen atoms in total. The van der Waals surface area contributed by atoms with Crippen LogP contribution < -0.4 is 10.0 Å². The van der Waals surface area contributed by atoms with Crippen molar-refractivity contribution in [2.45, 2.75) is 24.3 Å². The maximum atomic E-state index is 12.6. The number of hydrogen-bond donors (Lipinski definition) is 1. The van der Waals surface area contributed by atoms with Crippen LogP contribution in [0, 0.1) is 0 Å². The molecular formula is C18H18N2O5S. The molecule has 3 rings (SSSR count). The van der Waals surface area contributed by atoms with Crippen LogP contribution in [-0.2, 0) is 26.0 Å². The number of ether oxygens (including phenoxy) is 1. The second kappa shape index (κ2) is 6.89. The third-order valence-electron chi connectivity index (χ3n) is 4.20. The Morgan fingerprint density at radius 3 is 2.42 bits per heavy atom. The van der Waals surface area contributed by atoms with Crippen molar-refractivity contribution in [3.05, 3.63) is 59.7 Å². The standard InChI is InChI=1S/C18H18N2O5S/c1-12(17(21)20-11-10-13-4-2-3-5-16(13)20)25-18(22)14-6-8-15(9-7-14)26(19,23)24/h2-9,12H,10-11H2,1H3,(H2,19,23,24)/t12-/m1/s1. The molecule has 0 radical (unpaired) electrons. The normalized spacial score (nSPS) is 14.6. The number of fused-ring (bicyclic) bond motifs is 1. The Morgan fingerprint density at radius 2 is 1.77 bits per heavy atom. The van der Waals surface area contributed by atoms with E-state index in [9.17, 15) is 18.0 Å². The van der Waals surface area contributed by atoms with Crippen LogP contribution in [-0.4, -0.2) is 32.9 Å². The fourth-order valence-electron chi connectivity index (χ4n) is 2.85. The van der Waals surface area contributed by atoms with Gasteiger partial charge >= 0.3 is 5.97 Å². The van der Waals surface area contributed by atoms with Gasteiger partial charge in [-0.3, -0.25) is 4.79 Å². The highest BCUT2D eigenvalue weighted by atomic mass is 32.2. The van der Waals surface area contributed by atoms with Gasteiger partial charge in [0.2, 0.25) is 10.0 Å². The third kappa shape index (κ3) is 3.61. The zero-order valence-corrected chi connectivity index (χ0v) is 14.9. The number of esters is 1. The van der Waals surface area contributed by atoms with Crippen molar-refractivity contribution in [1.29, 1.82) is 0 Å². The lowest BCUT2D eigenvalue weighted by molar-refractivity contribution is -0.126. The van der Waals surface area contributed by atoms with Crippen molar-refractivity contribution in [1.82, 2.24) is 0 Å². The molecular weight excluding hydrogens is 356 g/mol. The van der Waals surface area contributed by atoms with Crippen LogP contribution in [0.4, 0.5) is 5.69 Å². The molecule has 0 saturated heterocycles. The summed E-state index contributed by atoms with van der Waals surface area (Å²) in [5, 5.41) is 5.02. The van der Waals surface area contributed by atoms with Crippen LogP contribution in [0.3, 0.4) is 0 Å². The van der Waals surface area contributed by atoms with Gasteiger partial charge in [0.25, 0.3) is 5.91 Å². The number of benzene rings is 2. The first kappa shape index (κ1) is 18.1. The van der Waals surface area contributed by atoms with Crippen molar-refractivity contribution >= 4 is 27.6 Å². The molecule has 8 heteroatoms. The van der Waals surface area contributed by atoms with Crippen LogP contribution >= 0.6 is 0 Å². The predicted molar refractivity (Wildman–Crippen MR) is 95.2 cm³/mol.